The number of rotatable bonds is 1. The first-order valence-electron chi connectivity index (χ1n) is 5.74. The zero-order chi connectivity index (χ0) is 12.7. The van der Waals surface area contributed by atoms with E-state index in [4.69, 9.17) is 11.6 Å². The van der Waals surface area contributed by atoms with Gasteiger partial charge in [0.2, 0.25) is 5.28 Å². The minimum Gasteiger partial charge on any atom is -0.292 e. The van der Waals surface area contributed by atoms with Crippen molar-refractivity contribution in [1.29, 1.82) is 0 Å². The molecule has 0 spiro atoms. The van der Waals surface area contributed by atoms with Crippen molar-refractivity contribution in [3.05, 3.63) is 22.0 Å². The summed E-state index contributed by atoms with van der Waals surface area (Å²) in [5.41, 5.74) is -0.490. The van der Waals surface area contributed by atoms with Crippen LogP contribution in [0.3, 0.4) is 0 Å². The van der Waals surface area contributed by atoms with Crippen LogP contribution in [0.25, 0.3) is 11.2 Å². The van der Waals surface area contributed by atoms with Crippen LogP contribution in [0, 0.1) is 0 Å². The molecule has 94 valence electrons. The normalized spacial score (nSPS) is 33.3. The van der Waals surface area contributed by atoms with E-state index in [0.29, 0.717) is 30.4 Å². The van der Waals surface area contributed by atoms with Crippen LogP contribution in [0.5, 0.6) is 0 Å². The van der Waals surface area contributed by atoms with Gasteiger partial charge in [0.1, 0.15) is 11.2 Å². The summed E-state index contributed by atoms with van der Waals surface area (Å²) < 4.78 is 16.7. The predicted molar refractivity (Wildman–Crippen MR) is 63.4 cm³/mol. The fraction of sp³-hybridized carbons (Fsp3) is 0.545. The molecule has 0 unspecified atom stereocenters. The van der Waals surface area contributed by atoms with Crippen molar-refractivity contribution in [2.24, 2.45) is 7.05 Å². The zero-order valence-electron chi connectivity index (χ0n) is 9.65. The molecular weight excluding hydrogens is 259 g/mol. The number of nitrogens with zero attached hydrogens (tertiary/aromatic N) is 4. The van der Waals surface area contributed by atoms with Gasteiger partial charge < -0.3 is 0 Å². The maximum absolute atomic E-state index is 13.6. The predicted octanol–water partition coefficient (Wildman–Crippen LogP) is 1.38. The first kappa shape index (κ1) is 10.5. The Morgan fingerprint density at radius 3 is 2.72 bits per heavy atom. The molecule has 0 N–H and O–H groups in total. The molecule has 5 nitrogen and oxygen atoms in total. The lowest BCUT2D eigenvalue weighted by Crippen LogP contribution is -2.71. The SMILES string of the molecule is Cn1c(=O)n(C23CC(F)(C2)C3)c2nc(Cl)ncc21. The molecule has 0 amide bonds. The number of hydrogen-bond acceptors (Lipinski definition) is 3. The zero-order valence-corrected chi connectivity index (χ0v) is 10.4. The second kappa shape index (κ2) is 2.77. The molecule has 3 aliphatic rings. The second-order valence-corrected chi connectivity index (χ2v) is 5.77. The molecule has 2 heterocycles. The third kappa shape index (κ3) is 1.01. The van der Waals surface area contributed by atoms with E-state index < -0.39 is 5.67 Å². The van der Waals surface area contributed by atoms with Crippen LogP contribution < -0.4 is 5.69 Å². The van der Waals surface area contributed by atoms with E-state index in [2.05, 4.69) is 9.97 Å². The van der Waals surface area contributed by atoms with Crippen molar-refractivity contribution in [2.75, 3.05) is 0 Å². The summed E-state index contributed by atoms with van der Waals surface area (Å²) in [4.78, 5) is 20.3. The monoisotopic (exact) mass is 268 g/mol. The van der Waals surface area contributed by atoms with Crippen molar-refractivity contribution in [3.63, 3.8) is 0 Å². The van der Waals surface area contributed by atoms with E-state index in [1.165, 1.54) is 10.8 Å². The molecule has 2 aromatic rings. The van der Waals surface area contributed by atoms with E-state index in [0.717, 1.165) is 0 Å². The van der Waals surface area contributed by atoms with Gasteiger partial charge in [-0.3, -0.25) is 9.13 Å². The topological polar surface area (TPSA) is 52.7 Å². The molecule has 0 saturated heterocycles. The molecule has 2 bridgehead atoms. The van der Waals surface area contributed by atoms with Gasteiger partial charge in [-0.05, 0) is 11.6 Å². The van der Waals surface area contributed by atoms with Gasteiger partial charge >= 0.3 is 5.69 Å². The number of fused-ring (bicyclic) bond motifs is 1. The van der Waals surface area contributed by atoms with Gasteiger partial charge in [0.25, 0.3) is 0 Å². The summed E-state index contributed by atoms with van der Waals surface area (Å²) >= 11 is 5.78. The largest absolute Gasteiger partial charge is 0.330 e. The van der Waals surface area contributed by atoms with Gasteiger partial charge in [-0.2, -0.15) is 4.98 Å². The van der Waals surface area contributed by atoms with Crippen molar-refractivity contribution < 1.29 is 4.39 Å². The van der Waals surface area contributed by atoms with E-state index in [1.54, 1.807) is 11.6 Å². The van der Waals surface area contributed by atoms with Crippen LogP contribution in [-0.4, -0.2) is 24.8 Å². The standard InChI is InChI=1S/C11H10ClFN4O/c1-16-6-2-14-8(12)15-7(6)17(9(16)18)11-3-10(13,4-11)5-11/h2H,3-5H2,1H3. The fourth-order valence-corrected chi connectivity index (χ4v) is 3.50. The highest BCUT2D eigenvalue weighted by molar-refractivity contribution is 6.28. The molecule has 0 aromatic carbocycles. The van der Waals surface area contributed by atoms with Gasteiger partial charge in [-0.15, -0.1) is 0 Å². The molecule has 0 atom stereocenters. The fourth-order valence-electron chi connectivity index (χ4n) is 3.37. The number of halogens is 2. The minimum absolute atomic E-state index is 0.100. The van der Waals surface area contributed by atoms with Crippen LogP contribution >= 0.6 is 11.6 Å². The Balaban J connectivity index is 2.03. The molecule has 2 aromatic heterocycles. The number of hydrogen-bond donors (Lipinski definition) is 0. The highest BCUT2D eigenvalue weighted by atomic mass is 35.5. The summed E-state index contributed by atoms with van der Waals surface area (Å²) in [6.45, 7) is 0. The molecular formula is C11H10ClFN4O. The quantitative estimate of drug-likeness (QED) is 0.735. The molecule has 7 heteroatoms. The Bertz CT molecular complexity index is 730. The first-order valence-corrected chi connectivity index (χ1v) is 6.11. The lowest BCUT2D eigenvalue weighted by atomic mass is 9.47. The van der Waals surface area contributed by atoms with Crippen LogP contribution in [-0.2, 0) is 12.6 Å². The molecule has 0 aliphatic heterocycles. The maximum Gasteiger partial charge on any atom is 0.330 e. The van der Waals surface area contributed by atoms with Crippen LogP contribution in [0.4, 0.5) is 4.39 Å². The molecule has 5 rings (SSSR count). The van der Waals surface area contributed by atoms with Gasteiger partial charge in [0.15, 0.2) is 5.65 Å². The van der Waals surface area contributed by atoms with E-state index in [-0.39, 0.29) is 16.5 Å². The summed E-state index contributed by atoms with van der Waals surface area (Å²) in [6.07, 6.45) is 2.74. The lowest BCUT2D eigenvalue weighted by Gasteiger charge is -2.65. The van der Waals surface area contributed by atoms with E-state index in [9.17, 15) is 9.18 Å². The van der Waals surface area contributed by atoms with E-state index in [1.807, 2.05) is 0 Å². The highest BCUT2D eigenvalue weighted by Crippen LogP contribution is 2.67. The summed E-state index contributed by atoms with van der Waals surface area (Å²) in [7, 11) is 1.66. The van der Waals surface area contributed by atoms with Gasteiger partial charge in [0, 0.05) is 26.3 Å². The van der Waals surface area contributed by atoms with Crippen molar-refractivity contribution >= 4 is 22.8 Å². The Morgan fingerprint density at radius 2 is 2.11 bits per heavy atom. The molecule has 3 aliphatic carbocycles. The van der Waals surface area contributed by atoms with Gasteiger partial charge in [0.05, 0.1) is 11.7 Å². The number of aryl methyl sites for hydroxylation is 1. The molecule has 3 fully saturated rings. The van der Waals surface area contributed by atoms with Crippen LogP contribution in [0.15, 0.2) is 11.0 Å². The Hall–Kier alpha value is -1.43. The summed E-state index contributed by atoms with van der Waals surface area (Å²) in [6, 6.07) is 0. The van der Waals surface area contributed by atoms with Crippen molar-refractivity contribution in [3.8, 4) is 0 Å². The van der Waals surface area contributed by atoms with Crippen LogP contribution in [0.1, 0.15) is 19.3 Å². The average Bonchev–Trinajstić information content (AvgIpc) is 2.46. The Morgan fingerprint density at radius 1 is 1.44 bits per heavy atom. The van der Waals surface area contributed by atoms with Crippen LogP contribution in [0.2, 0.25) is 5.28 Å². The van der Waals surface area contributed by atoms with Crippen molar-refractivity contribution in [1.82, 2.24) is 19.1 Å². The number of aromatic nitrogens is 4. The smallest absolute Gasteiger partial charge is 0.292 e. The Kier molecular flexibility index (Phi) is 1.61. The third-order valence-electron chi connectivity index (χ3n) is 4.18. The van der Waals surface area contributed by atoms with E-state index >= 15 is 0 Å². The summed E-state index contributed by atoms with van der Waals surface area (Å²) in [5.74, 6) is 0. The minimum atomic E-state index is -1.06. The molecule has 3 saturated carbocycles. The third-order valence-corrected chi connectivity index (χ3v) is 4.37. The number of alkyl halides is 1. The van der Waals surface area contributed by atoms with Gasteiger partial charge in [-0.25, -0.2) is 14.2 Å². The lowest BCUT2D eigenvalue weighted by molar-refractivity contribution is -0.197. The second-order valence-electron chi connectivity index (χ2n) is 5.43. The Labute approximate surface area is 106 Å². The number of imidazole rings is 1. The highest BCUT2D eigenvalue weighted by Gasteiger charge is 2.71. The molecule has 18 heavy (non-hydrogen) atoms. The average molecular weight is 269 g/mol. The van der Waals surface area contributed by atoms with Gasteiger partial charge in [-0.1, -0.05) is 0 Å². The first-order chi connectivity index (χ1) is 8.44. The maximum atomic E-state index is 13.6. The van der Waals surface area contributed by atoms with Crippen molar-refractivity contribution in [2.45, 2.75) is 30.5 Å². The molecule has 0 radical (unpaired) electrons. The summed E-state index contributed by atoms with van der Waals surface area (Å²) in [5, 5.41) is 0.100.